The van der Waals surface area contributed by atoms with Crippen LogP contribution >= 0.6 is 11.8 Å². The Kier molecular flexibility index (Phi) is 5.29. The summed E-state index contributed by atoms with van der Waals surface area (Å²) >= 11 is 1.27. The topological polar surface area (TPSA) is 78.7 Å². The summed E-state index contributed by atoms with van der Waals surface area (Å²) in [6.07, 6.45) is 0. The average molecular weight is 425 g/mol. The Balaban J connectivity index is 1.53. The average Bonchev–Trinajstić information content (AvgIpc) is 3.38. The van der Waals surface area contributed by atoms with Gasteiger partial charge in [-0.05, 0) is 39.0 Å². The van der Waals surface area contributed by atoms with Crippen molar-refractivity contribution < 1.29 is 13.7 Å². The molecule has 7 nitrogen and oxygen atoms in total. The van der Waals surface area contributed by atoms with Gasteiger partial charge in [-0.3, -0.25) is 9.36 Å². The van der Waals surface area contributed by atoms with Gasteiger partial charge in [-0.25, -0.2) is 4.39 Å². The van der Waals surface area contributed by atoms with Crippen molar-refractivity contribution in [3.8, 4) is 17.2 Å². The van der Waals surface area contributed by atoms with Crippen LogP contribution < -0.4 is 0 Å². The van der Waals surface area contributed by atoms with Crippen LogP contribution in [0.4, 0.5) is 4.39 Å². The lowest BCUT2D eigenvalue weighted by Crippen LogP contribution is -2.06. The van der Waals surface area contributed by atoms with E-state index in [1.165, 1.54) is 17.8 Å². The van der Waals surface area contributed by atoms with E-state index in [0.717, 1.165) is 11.4 Å². The molecule has 0 aliphatic rings. The number of thioether (sulfide) groups is 1. The van der Waals surface area contributed by atoms with Gasteiger partial charge in [0.25, 0.3) is 0 Å². The minimum Gasteiger partial charge on any atom is -0.360 e. The summed E-state index contributed by atoms with van der Waals surface area (Å²) in [4.78, 5) is 12.9. The Hall–Kier alpha value is -3.20. The van der Waals surface area contributed by atoms with Gasteiger partial charge in [0.1, 0.15) is 11.6 Å². The number of nitrogens with zero attached hydrogens (tertiary/aromatic N) is 5. The first-order valence-electron chi connectivity index (χ1n) is 9.29. The number of halogens is 1. The molecule has 0 fully saturated rings. The summed E-state index contributed by atoms with van der Waals surface area (Å²) in [6.45, 7) is 5.63. The van der Waals surface area contributed by atoms with Crippen molar-refractivity contribution in [3.63, 3.8) is 0 Å². The fourth-order valence-corrected chi connectivity index (χ4v) is 4.18. The van der Waals surface area contributed by atoms with Crippen molar-refractivity contribution in [2.75, 3.05) is 5.75 Å². The SMILES string of the molecule is Cc1cc(-n2c(C)cc(C(=O)CSc3nnc(-c4ccccc4F)n3C)c2C)no1. The van der Waals surface area contributed by atoms with Crippen LogP contribution in [0.25, 0.3) is 17.2 Å². The normalized spacial score (nSPS) is 11.2. The molecule has 0 unspecified atom stereocenters. The molecule has 154 valence electrons. The molecule has 0 spiro atoms. The lowest BCUT2D eigenvalue weighted by molar-refractivity contribution is 0.102. The molecule has 0 radical (unpaired) electrons. The Bertz CT molecular complexity index is 1240. The number of rotatable bonds is 6. The van der Waals surface area contributed by atoms with Gasteiger partial charge in [-0.2, -0.15) is 0 Å². The van der Waals surface area contributed by atoms with E-state index < -0.39 is 0 Å². The highest BCUT2D eigenvalue weighted by atomic mass is 32.2. The lowest BCUT2D eigenvalue weighted by Gasteiger charge is -2.06. The zero-order valence-corrected chi connectivity index (χ0v) is 17.8. The largest absolute Gasteiger partial charge is 0.360 e. The number of aryl methyl sites for hydroxylation is 2. The first-order valence-corrected chi connectivity index (χ1v) is 10.3. The van der Waals surface area contributed by atoms with Crippen molar-refractivity contribution in [2.24, 2.45) is 7.05 Å². The maximum atomic E-state index is 14.1. The van der Waals surface area contributed by atoms with Crippen LogP contribution in [0.1, 0.15) is 27.5 Å². The van der Waals surface area contributed by atoms with Gasteiger partial charge >= 0.3 is 0 Å². The number of hydrogen-bond donors (Lipinski definition) is 0. The third-order valence-electron chi connectivity index (χ3n) is 4.86. The van der Waals surface area contributed by atoms with Gasteiger partial charge in [0.05, 0.1) is 11.3 Å². The number of hydrogen-bond acceptors (Lipinski definition) is 6. The molecular formula is C21H20FN5O2S. The third kappa shape index (κ3) is 3.56. The fraction of sp³-hybridized carbons (Fsp3) is 0.238. The van der Waals surface area contributed by atoms with E-state index in [2.05, 4.69) is 15.4 Å². The lowest BCUT2D eigenvalue weighted by atomic mass is 10.2. The smallest absolute Gasteiger partial charge is 0.191 e. The van der Waals surface area contributed by atoms with Crippen LogP contribution in [0.5, 0.6) is 0 Å². The highest BCUT2D eigenvalue weighted by molar-refractivity contribution is 7.99. The van der Waals surface area contributed by atoms with Crippen molar-refractivity contribution >= 4 is 17.5 Å². The first kappa shape index (κ1) is 20.1. The van der Waals surface area contributed by atoms with E-state index in [4.69, 9.17) is 4.52 Å². The molecule has 0 saturated carbocycles. The number of aromatic nitrogens is 5. The van der Waals surface area contributed by atoms with E-state index in [-0.39, 0.29) is 17.4 Å². The summed E-state index contributed by atoms with van der Waals surface area (Å²) < 4.78 is 22.8. The standard InChI is InChI=1S/C21H20FN5O2S/c1-12-9-16(14(3)27(12)19-10-13(2)29-25-19)18(28)11-30-21-24-23-20(26(21)4)15-7-5-6-8-17(15)22/h5-10H,11H2,1-4H3. The van der Waals surface area contributed by atoms with Crippen LogP contribution in [0, 0.1) is 26.6 Å². The molecule has 0 saturated heterocycles. The van der Waals surface area contributed by atoms with Gasteiger partial charge in [0.2, 0.25) is 0 Å². The summed E-state index contributed by atoms with van der Waals surface area (Å²) in [7, 11) is 1.76. The summed E-state index contributed by atoms with van der Waals surface area (Å²) in [5.74, 6) is 1.56. The van der Waals surface area contributed by atoms with Crippen molar-refractivity contribution in [3.05, 3.63) is 64.9 Å². The highest BCUT2D eigenvalue weighted by Crippen LogP contribution is 2.26. The van der Waals surface area contributed by atoms with E-state index in [1.807, 2.05) is 37.5 Å². The van der Waals surface area contributed by atoms with Crippen LogP contribution in [-0.2, 0) is 7.05 Å². The van der Waals surface area contributed by atoms with Gasteiger partial charge in [-0.1, -0.05) is 29.1 Å². The number of carbonyl (C=O) groups excluding carboxylic acids is 1. The number of Topliss-reactive ketones (excluding diaryl/α,β-unsaturated/α-hetero) is 1. The molecule has 30 heavy (non-hydrogen) atoms. The van der Waals surface area contributed by atoms with Crippen LogP contribution in [0.2, 0.25) is 0 Å². The molecule has 0 amide bonds. The second-order valence-electron chi connectivity index (χ2n) is 6.97. The molecule has 3 aromatic heterocycles. The molecule has 0 aliphatic heterocycles. The van der Waals surface area contributed by atoms with Crippen molar-refractivity contribution in [2.45, 2.75) is 25.9 Å². The van der Waals surface area contributed by atoms with Crippen LogP contribution in [-0.4, -0.2) is 36.0 Å². The minimum atomic E-state index is -0.365. The molecule has 3 heterocycles. The van der Waals surface area contributed by atoms with E-state index >= 15 is 0 Å². The molecule has 0 atom stereocenters. The molecule has 4 aromatic rings. The number of ketones is 1. The van der Waals surface area contributed by atoms with Gasteiger partial charge < -0.3 is 9.09 Å². The molecule has 4 rings (SSSR count). The Morgan fingerprint density at radius 2 is 1.93 bits per heavy atom. The van der Waals surface area contributed by atoms with Gasteiger partial charge in [0, 0.05) is 30.1 Å². The second-order valence-corrected chi connectivity index (χ2v) is 7.92. The molecule has 9 heteroatoms. The predicted molar refractivity (Wildman–Crippen MR) is 111 cm³/mol. The molecule has 0 bridgehead atoms. The minimum absolute atomic E-state index is 0.0324. The second kappa shape index (κ2) is 7.91. The molecular weight excluding hydrogens is 405 g/mol. The third-order valence-corrected chi connectivity index (χ3v) is 5.88. The van der Waals surface area contributed by atoms with E-state index in [9.17, 15) is 9.18 Å². The molecule has 0 N–H and O–H groups in total. The van der Waals surface area contributed by atoms with Crippen molar-refractivity contribution in [1.29, 1.82) is 0 Å². The highest BCUT2D eigenvalue weighted by Gasteiger charge is 2.20. The van der Waals surface area contributed by atoms with E-state index in [1.54, 1.807) is 29.8 Å². The van der Waals surface area contributed by atoms with Crippen LogP contribution in [0.3, 0.4) is 0 Å². The van der Waals surface area contributed by atoms with Gasteiger partial charge in [0.15, 0.2) is 22.6 Å². The maximum Gasteiger partial charge on any atom is 0.191 e. The van der Waals surface area contributed by atoms with E-state index in [0.29, 0.717) is 33.7 Å². The zero-order chi connectivity index (χ0) is 21.4. The summed E-state index contributed by atoms with van der Waals surface area (Å²) in [6, 6.07) is 10.1. The first-order chi connectivity index (χ1) is 14.4. The zero-order valence-electron chi connectivity index (χ0n) is 17.0. The monoisotopic (exact) mass is 425 g/mol. The van der Waals surface area contributed by atoms with Crippen molar-refractivity contribution in [1.82, 2.24) is 24.5 Å². The predicted octanol–water partition coefficient (Wildman–Crippen LogP) is 4.30. The Labute approximate surface area is 176 Å². The quantitative estimate of drug-likeness (QED) is 0.339. The van der Waals surface area contributed by atoms with Gasteiger partial charge in [-0.15, -0.1) is 10.2 Å². The number of carbonyl (C=O) groups is 1. The van der Waals surface area contributed by atoms with Crippen LogP contribution in [0.15, 0.2) is 46.1 Å². The summed E-state index contributed by atoms with van der Waals surface area (Å²) in [5.41, 5.74) is 2.69. The fourth-order valence-electron chi connectivity index (χ4n) is 3.38. The Morgan fingerprint density at radius 1 is 1.17 bits per heavy atom. The maximum absolute atomic E-state index is 14.1. The molecule has 1 aromatic carbocycles. The molecule has 0 aliphatic carbocycles. The number of benzene rings is 1. The Morgan fingerprint density at radius 3 is 2.63 bits per heavy atom. The summed E-state index contributed by atoms with van der Waals surface area (Å²) in [5, 5.41) is 12.8.